The lowest BCUT2D eigenvalue weighted by molar-refractivity contribution is -0.0318. The Morgan fingerprint density at radius 2 is 2.00 bits per heavy atom. The molecule has 3 aliphatic rings. The third-order valence-electron chi connectivity index (χ3n) is 7.83. The molecular weight excluding hydrogens is 362 g/mol. The van der Waals surface area contributed by atoms with Crippen LogP contribution in [0.25, 0.3) is 0 Å². The standard InChI is InChI=1S/C25H39NO3/c1-4-5-6-7-11-25(12-8-13-26-25)17-14-21(28)23-19-16-18(27)9-10-20(19)24(2,3)29-22(23)15-17/h14-15,18-20,26-28H,4-13,16H2,1-3H3/t18-,19-,20-,25?/m1/s1. The first-order valence-electron chi connectivity index (χ1n) is 11.9. The molecule has 0 aromatic heterocycles. The Labute approximate surface area is 176 Å². The van der Waals surface area contributed by atoms with Crippen LogP contribution in [0.3, 0.4) is 0 Å². The number of hydrogen-bond donors (Lipinski definition) is 3. The van der Waals surface area contributed by atoms with E-state index >= 15 is 0 Å². The second kappa shape index (κ2) is 8.11. The van der Waals surface area contributed by atoms with Crippen LogP contribution in [0.15, 0.2) is 12.1 Å². The molecule has 1 aromatic rings. The fraction of sp³-hybridized carbons (Fsp3) is 0.760. The quantitative estimate of drug-likeness (QED) is 0.562. The van der Waals surface area contributed by atoms with Crippen molar-refractivity contribution in [2.24, 2.45) is 5.92 Å². The Morgan fingerprint density at radius 1 is 1.17 bits per heavy atom. The van der Waals surface area contributed by atoms with Gasteiger partial charge >= 0.3 is 0 Å². The number of aromatic hydroxyl groups is 1. The zero-order valence-electron chi connectivity index (χ0n) is 18.5. The lowest BCUT2D eigenvalue weighted by atomic mass is 9.65. The van der Waals surface area contributed by atoms with Crippen LogP contribution in [0.2, 0.25) is 0 Å². The molecule has 0 bridgehead atoms. The number of phenolic OH excluding ortho intramolecular Hbond substituents is 1. The summed E-state index contributed by atoms with van der Waals surface area (Å²) in [6.45, 7) is 7.63. The summed E-state index contributed by atoms with van der Waals surface area (Å²) in [5.74, 6) is 1.70. The number of aliphatic hydroxyl groups excluding tert-OH is 1. The maximum absolute atomic E-state index is 11.1. The smallest absolute Gasteiger partial charge is 0.127 e. The number of hydrogen-bond acceptors (Lipinski definition) is 4. The molecule has 1 saturated heterocycles. The highest BCUT2D eigenvalue weighted by molar-refractivity contribution is 5.53. The lowest BCUT2D eigenvalue weighted by Gasteiger charge is -2.48. The molecule has 2 aliphatic heterocycles. The average Bonchev–Trinajstić information content (AvgIpc) is 3.14. The molecule has 1 saturated carbocycles. The molecular formula is C25H39NO3. The highest BCUT2D eigenvalue weighted by atomic mass is 16.5. The van der Waals surface area contributed by atoms with Crippen LogP contribution in [0.5, 0.6) is 11.5 Å². The van der Waals surface area contributed by atoms with Gasteiger partial charge in [-0.05, 0) is 76.6 Å². The monoisotopic (exact) mass is 401 g/mol. The van der Waals surface area contributed by atoms with Gasteiger partial charge in [0.2, 0.25) is 0 Å². The minimum Gasteiger partial charge on any atom is -0.508 e. The van der Waals surface area contributed by atoms with E-state index in [0.29, 0.717) is 11.7 Å². The van der Waals surface area contributed by atoms with Gasteiger partial charge in [0, 0.05) is 22.9 Å². The maximum atomic E-state index is 11.1. The van der Waals surface area contributed by atoms with Gasteiger partial charge in [0.25, 0.3) is 0 Å². The SMILES string of the molecule is CCCCCCC1(c2cc(O)c3c(c2)OC(C)(C)[C@@H]2CC[C@@H](O)C[C@@H]32)CCCN1. The molecule has 1 aliphatic carbocycles. The molecule has 0 amide bonds. The number of phenols is 1. The first kappa shape index (κ1) is 21.0. The molecule has 1 aromatic carbocycles. The minimum absolute atomic E-state index is 0.0450. The van der Waals surface area contributed by atoms with Gasteiger partial charge in [0.1, 0.15) is 17.1 Å². The number of benzene rings is 1. The number of aliphatic hydroxyl groups is 1. The molecule has 29 heavy (non-hydrogen) atoms. The van der Waals surface area contributed by atoms with Crippen LogP contribution in [0, 0.1) is 5.92 Å². The van der Waals surface area contributed by atoms with Crippen LogP contribution in [0.4, 0.5) is 0 Å². The molecule has 4 heteroatoms. The van der Waals surface area contributed by atoms with Crippen molar-refractivity contribution in [1.29, 1.82) is 0 Å². The summed E-state index contributed by atoms with van der Waals surface area (Å²) < 4.78 is 6.52. The van der Waals surface area contributed by atoms with Gasteiger partial charge < -0.3 is 20.3 Å². The normalized spacial score (nSPS) is 33.0. The number of unbranched alkanes of at least 4 members (excludes halogenated alkanes) is 3. The van der Waals surface area contributed by atoms with E-state index in [4.69, 9.17) is 4.74 Å². The molecule has 2 fully saturated rings. The Bertz CT molecular complexity index is 723. The first-order chi connectivity index (χ1) is 13.9. The van der Waals surface area contributed by atoms with E-state index in [2.05, 4.69) is 32.2 Å². The summed E-state index contributed by atoms with van der Waals surface area (Å²) in [4.78, 5) is 0. The van der Waals surface area contributed by atoms with Crippen molar-refractivity contribution in [3.63, 3.8) is 0 Å². The summed E-state index contributed by atoms with van der Waals surface area (Å²) >= 11 is 0. The second-order valence-corrected chi connectivity index (χ2v) is 10.2. The summed E-state index contributed by atoms with van der Waals surface area (Å²) in [5, 5.41) is 25.2. The van der Waals surface area contributed by atoms with Crippen molar-refractivity contribution in [2.45, 2.75) is 108 Å². The molecule has 0 spiro atoms. The van der Waals surface area contributed by atoms with E-state index in [1.165, 1.54) is 37.7 Å². The number of fused-ring (bicyclic) bond motifs is 3. The first-order valence-corrected chi connectivity index (χ1v) is 11.9. The number of ether oxygens (including phenoxy) is 1. The van der Waals surface area contributed by atoms with E-state index in [-0.39, 0.29) is 23.2 Å². The van der Waals surface area contributed by atoms with Gasteiger partial charge in [-0.25, -0.2) is 0 Å². The highest BCUT2D eigenvalue weighted by Gasteiger charge is 2.48. The maximum Gasteiger partial charge on any atom is 0.127 e. The molecule has 0 radical (unpaired) electrons. The average molecular weight is 402 g/mol. The zero-order chi connectivity index (χ0) is 20.6. The number of rotatable bonds is 6. The second-order valence-electron chi connectivity index (χ2n) is 10.2. The molecule has 4 atom stereocenters. The highest BCUT2D eigenvalue weighted by Crippen LogP contribution is 2.55. The van der Waals surface area contributed by atoms with Crippen LogP contribution in [-0.4, -0.2) is 28.5 Å². The minimum atomic E-state index is -0.279. The Morgan fingerprint density at radius 3 is 2.72 bits per heavy atom. The van der Waals surface area contributed by atoms with Crippen molar-refractivity contribution >= 4 is 0 Å². The van der Waals surface area contributed by atoms with Crippen LogP contribution in [-0.2, 0) is 5.54 Å². The van der Waals surface area contributed by atoms with E-state index in [9.17, 15) is 10.2 Å². The Kier molecular flexibility index (Phi) is 5.87. The van der Waals surface area contributed by atoms with Gasteiger partial charge in [0.05, 0.1) is 6.10 Å². The molecule has 4 rings (SSSR count). The molecule has 4 nitrogen and oxygen atoms in total. The van der Waals surface area contributed by atoms with Gasteiger partial charge in [0.15, 0.2) is 0 Å². The summed E-state index contributed by atoms with van der Waals surface area (Å²) in [5.41, 5.74) is 1.78. The topological polar surface area (TPSA) is 61.7 Å². The summed E-state index contributed by atoms with van der Waals surface area (Å²) in [6.07, 6.45) is 10.6. The molecule has 1 unspecified atom stereocenters. The molecule has 162 valence electrons. The van der Waals surface area contributed by atoms with Crippen LogP contribution >= 0.6 is 0 Å². The van der Waals surface area contributed by atoms with E-state index in [0.717, 1.165) is 50.0 Å². The predicted molar refractivity (Wildman–Crippen MR) is 117 cm³/mol. The van der Waals surface area contributed by atoms with Gasteiger partial charge in [-0.3, -0.25) is 0 Å². The van der Waals surface area contributed by atoms with Crippen LogP contribution in [0.1, 0.15) is 102 Å². The van der Waals surface area contributed by atoms with E-state index < -0.39 is 0 Å². The zero-order valence-corrected chi connectivity index (χ0v) is 18.5. The third kappa shape index (κ3) is 3.90. The van der Waals surface area contributed by atoms with Crippen molar-refractivity contribution < 1.29 is 14.9 Å². The molecule has 2 heterocycles. The fourth-order valence-corrected chi connectivity index (χ4v) is 6.27. The Hall–Kier alpha value is -1.26. The van der Waals surface area contributed by atoms with Crippen LogP contribution < -0.4 is 10.1 Å². The van der Waals surface area contributed by atoms with Crippen molar-refractivity contribution in [3.05, 3.63) is 23.3 Å². The molecule has 3 N–H and O–H groups in total. The predicted octanol–water partition coefficient (Wildman–Crippen LogP) is 5.36. The Balaban J connectivity index is 1.68. The van der Waals surface area contributed by atoms with E-state index in [1.807, 2.05) is 6.07 Å². The largest absolute Gasteiger partial charge is 0.508 e. The van der Waals surface area contributed by atoms with E-state index in [1.54, 1.807) is 0 Å². The summed E-state index contributed by atoms with van der Waals surface area (Å²) in [7, 11) is 0. The van der Waals surface area contributed by atoms with Gasteiger partial charge in [-0.1, -0.05) is 32.6 Å². The lowest BCUT2D eigenvalue weighted by Crippen LogP contribution is -2.47. The van der Waals surface area contributed by atoms with Crippen molar-refractivity contribution in [1.82, 2.24) is 5.32 Å². The fourth-order valence-electron chi connectivity index (χ4n) is 6.27. The third-order valence-corrected chi connectivity index (χ3v) is 7.83. The van der Waals surface area contributed by atoms with Crippen molar-refractivity contribution in [3.8, 4) is 11.5 Å². The number of nitrogens with one attached hydrogen (secondary N) is 1. The van der Waals surface area contributed by atoms with Gasteiger partial charge in [-0.2, -0.15) is 0 Å². The van der Waals surface area contributed by atoms with Crippen molar-refractivity contribution in [2.75, 3.05) is 6.54 Å². The van der Waals surface area contributed by atoms with Gasteiger partial charge in [-0.15, -0.1) is 0 Å². The summed E-state index contributed by atoms with van der Waals surface area (Å²) in [6, 6.07) is 4.20.